The molecule has 0 fully saturated rings. The Labute approximate surface area is 184 Å². The third kappa shape index (κ3) is 14.7. The second-order valence-corrected chi connectivity index (χ2v) is 11.3. The van der Waals surface area contributed by atoms with E-state index in [1.807, 2.05) is 0 Å². The summed E-state index contributed by atoms with van der Waals surface area (Å²) in [7, 11) is 2.47. The summed E-state index contributed by atoms with van der Waals surface area (Å²) in [4.78, 5) is 0. The van der Waals surface area contributed by atoms with Crippen LogP contribution in [-0.4, -0.2) is 48.0 Å². The van der Waals surface area contributed by atoms with Crippen LogP contribution in [0.3, 0.4) is 0 Å². The predicted molar refractivity (Wildman–Crippen MR) is 128 cm³/mol. The Hall–Kier alpha value is 0.0569. The molecule has 0 aliphatic heterocycles. The molecule has 0 saturated carbocycles. The van der Waals surface area contributed by atoms with E-state index in [1.54, 1.807) is 21.3 Å². The molecule has 0 aromatic carbocycles. The number of hydrogen-bond acceptors (Lipinski definition) is 4. The van der Waals surface area contributed by atoms with Crippen LogP contribution in [0.5, 0.6) is 0 Å². The van der Waals surface area contributed by atoms with Crippen molar-refractivity contribution in [2.45, 2.75) is 123 Å². The summed E-state index contributed by atoms with van der Waals surface area (Å²) >= 11 is 0. The first-order chi connectivity index (χ1) is 14.2. The lowest BCUT2D eigenvalue weighted by atomic mass is 10.0. The summed E-state index contributed by atoms with van der Waals surface area (Å²) in [6, 6.07) is 0. The molecule has 0 aromatic heterocycles. The van der Waals surface area contributed by atoms with Gasteiger partial charge in [0.15, 0.2) is 0 Å². The summed E-state index contributed by atoms with van der Waals surface area (Å²) in [6.45, 7) is 6.47. The number of rotatable bonds is 23. The Balaban J connectivity index is 3.55. The standard InChI is InChI=1S/C24H53NO3Si/c1-6-8-9-10-11-12-13-14-15-16-17-18-19-20-21-22-24-25(23-7-2)29(26-3,27-4)28-5/h6-24H2,1-5H3. The van der Waals surface area contributed by atoms with Crippen LogP contribution in [0.25, 0.3) is 0 Å². The summed E-state index contributed by atoms with van der Waals surface area (Å²) in [5.41, 5.74) is 0. The van der Waals surface area contributed by atoms with Crippen LogP contribution in [0, 0.1) is 0 Å². The van der Waals surface area contributed by atoms with Gasteiger partial charge < -0.3 is 13.3 Å². The van der Waals surface area contributed by atoms with Crippen molar-refractivity contribution in [3.63, 3.8) is 0 Å². The van der Waals surface area contributed by atoms with Crippen LogP contribution in [0.1, 0.15) is 123 Å². The summed E-state index contributed by atoms with van der Waals surface area (Å²) in [5, 5.41) is 0. The Morgan fingerprint density at radius 1 is 0.448 bits per heavy atom. The minimum absolute atomic E-state index is 0.973. The topological polar surface area (TPSA) is 30.9 Å². The second-order valence-electron chi connectivity index (χ2n) is 8.43. The SMILES string of the molecule is CCCCCCCCCCCCCCCCCCN(CCC)[Si](OC)(OC)OC. The maximum atomic E-state index is 5.65. The minimum Gasteiger partial charge on any atom is -0.364 e. The third-order valence-electron chi connectivity index (χ3n) is 5.94. The Kier molecular flexibility index (Phi) is 21.3. The van der Waals surface area contributed by atoms with Gasteiger partial charge >= 0.3 is 8.97 Å². The quantitative estimate of drug-likeness (QED) is 0.125. The van der Waals surface area contributed by atoms with Crippen LogP contribution in [0.4, 0.5) is 0 Å². The zero-order valence-corrected chi connectivity index (χ0v) is 21.6. The van der Waals surface area contributed by atoms with E-state index in [2.05, 4.69) is 18.4 Å². The molecule has 0 rings (SSSR count). The fourth-order valence-electron chi connectivity index (χ4n) is 4.14. The molecule has 0 saturated heterocycles. The molecule has 176 valence electrons. The molecule has 0 radical (unpaired) electrons. The van der Waals surface area contributed by atoms with Crippen LogP contribution in [0.2, 0.25) is 0 Å². The fraction of sp³-hybridized carbons (Fsp3) is 1.00. The zero-order valence-electron chi connectivity index (χ0n) is 20.6. The maximum absolute atomic E-state index is 5.65. The summed E-state index contributed by atoms with van der Waals surface area (Å²) in [6.07, 6.45) is 23.5. The van der Waals surface area contributed by atoms with E-state index in [9.17, 15) is 0 Å². The van der Waals surface area contributed by atoms with E-state index in [0.29, 0.717) is 0 Å². The van der Waals surface area contributed by atoms with Crippen molar-refractivity contribution in [1.82, 2.24) is 4.57 Å². The van der Waals surface area contributed by atoms with Gasteiger partial charge in [0.05, 0.1) is 0 Å². The van der Waals surface area contributed by atoms with Gasteiger partial charge in [0.2, 0.25) is 0 Å². The Morgan fingerprint density at radius 2 is 0.793 bits per heavy atom. The van der Waals surface area contributed by atoms with Gasteiger partial charge in [-0.05, 0) is 25.9 Å². The molecule has 0 spiro atoms. The normalized spacial score (nSPS) is 12.2. The highest BCUT2D eigenvalue weighted by atomic mass is 28.4. The van der Waals surface area contributed by atoms with E-state index in [4.69, 9.17) is 13.3 Å². The fourth-order valence-corrected chi connectivity index (χ4v) is 6.35. The number of unbranched alkanes of at least 4 members (excludes halogenated alkanes) is 15. The molecule has 0 amide bonds. The first kappa shape index (κ1) is 29.1. The third-order valence-corrected chi connectivity index (χ3v) is 8.71. The van der Waals surface area contributed by atoms with Gasteiger partial charge in [-0.25, -0.2) is 0 Å². The predicted octanol–water partition coefficient (Wildman–Crippen LogP) is 7.33. The van der Waals surface area contributed by atoms with E-state index in [0.717, 1.165) is 19.5 Å². The summed E-state index contributed by atoms with van der Waals surface area (Å²) in [5.74, 6) is 0. The van der Waals surface area contributed by atoms with Crippen molar-refractivity contribution < 1.29 is 13.3 Å². The van der Waals surface area contributed by atoms with E-state index in [-0.39, 0.29) is 0 Å². The molecule has 0 aromatic rings. The summed E-state index contributed by atoms with van der Waals surface area (Å²) < 4.78 is 19.3. The van der Waals surface area contributed by atoms with Crippen molar-refractivity contribution in [2.75, 3.05) is 34.4 Å². The molecule has 0 aliphatic rings. The molecule has 0 aliphatic carbocycles. The Morgan fingerprint density at radius 3 is 1.10 bits per heavy atom. The van der Waals surface area contributed by atoms with Crippen molar-refractivity contribution >= 4 is 8.97 Å². The average Bonchev–Trinajstić information content (AvgIpc) is 2.75. The van der Waals surface area contributed by atoms with Gasteiger partial charge in [-0.1, -0.05) is 110 Å². The largest absolute Gasteiger partial charge is 0.598 e. The molecule has 5 heteroatoms. The Bertz CT molecular complexity index is 319. The highest BCUT2D eigenvalue weighted by molar-refractivity contribution is 6.57. The van der Waals surface area contributed by atoms with Crippen LogP contribution < -0.4 is 0 Å². The highest BCUT2D eigenvalue weighted by Gasteiger charge is 2.45. The zero-order chi connectivity index (χ0) is 21.6. The first-order valence-corrected chi connectivity index (χ1v) is 14.3. The van der Waals surface area contributed by atoms with Crippen molar-refractivity contribution in [3.05, 3.63) is 0 Å². The first-order valence-electron chi connectivity index (χ1n) is 12.6. The molecule has 4 nitrogen and oxygen atoms in total. The molecule has 0 atom stereocenters. The molecule has 0 heterocycles. The monoisotopic (exact) mass is 431 g/mol. The lowest BCUT2D eigenvalue weighted by Gasteiger charge is -2.35. The van der Waals surface area contributed by atoms with Crippen LogP contribution in [0.15, 0.2) is 0 Å². The molecular weight excluding hydrogens is 378 g/mol. The molecule has 0 bridgehead atoms. The van der Waals surface area contributed by atoms with E-state index in [1.165, 1.54) is 103 Å². The second kappa shape index (κ2) is 21.3. The lowest BCUT2D eigenvalue weighted by molar-refractivity contribution is 0.0565. The van der Waals surface area contributed by atoms with Gasteiger partial charge in [-0.3, -0.25) is 4.57 Å². The molecule has 0 N–H and O–H groups in total. The minimum atomic E-state index is -2.64. The van der Waals surface area contributed by atoms with Crippen molar-refractivity contribution in [2.24, 2.45) is 0 Å². The lowest BCUT2D eigenvalue weighted by Crippen LogP contribution is -2.59. The van der Waals surface area contributed by atoms with E-state index >= 15 is 0 Å². The van der Waals surface area contributed by atoms with Crippen molar-refractivity contribution in [3.8, 4) is 0 Å². The van der Waals surface area contributed by atoms with Gasteiger partial charge in [0.25, 0.3) is 0 Å². The smallest absolute Gasteiger partial charge is 0.364 e. The van der Waals surface area contributed by atoms with Gasteiger partial charge in [-0.15, -0.1) is 0 Å². The molecular formula is C24H53NO3Si. The highest BCUT2D eigenvalue weighted by Crippen LogP contribution is 2.17. The van der Waals surface area contributed by atoms with Gasteiger partial charge in [0, 0.05) is 21.3 Å². The van der Waals surface area contributed by atoms with E-state index < -0.39 is 8.97 Å². The maximum Gasteiger partial charge on any atom is 0.598 e. The van der Waals surface area contributed by atoms with Gasteiger partial charge in [0.1, 0.15) is 0 Å². The van der Waals surface area contributed by atoms with Gasteiger partial charge in [-0.2, -0.15) is 0 Å². The average molecular weight is 432 g/mol. The molecule has 0 unspecified atom stereocenters. The molecule has 29 heavy (non-hydrogen) atoms. The number of hydrogen-bond donors (Lipinski definition) is 0. The van der Waals surface area contributed by atoms with Crippen LogP contribution in [-0.2, 0) is 13.3 Å². The van der Waals surface area contributed by atoms with Crippen LogP contribution >= 0.6 is 0 Å². The number of nitrogens with zero attached hydrogens (tertiary/aromatic N) is 1. The van der Waals surface area contributed by atoms with Crippen molar-refractivity contribution in [1.29, 1.82) is 0 Å².